The van der Waals surface area contributed by atoms with Crippen LogP contribution in [0.15, 0.2) is 36.7 Å². The third-order valence-corrected chi connectivity index (χ3v) is 3.17. The second kappa shape index (κ2) is 6.98. The summed E-state index contributed by atoms with van der Waals surface area (Å²) in [5, 5.41) is 7.79. The number of aromatic nitrogens is 2. The van der Waals surface area contributed by atoms with Gasteiger partial charge in [-0.15, -0.1) is 0 Å². The van der Waals surface area contributed by atoms with E-state index in [-0.39, 0.29) is 6.04 Å². The van der Waals surface area contributed by atoms with Gasteiger partial charge in [-0.2, -0.15) is 5.10 Å². The number of aryl methyl sites for hydroxylation is 1. The minimum Gasteiger partial charge on any atom is -0.494 e. The molecular formula is C16H23N3O. The van der Waals surface area contributed by atoms with Crippen molar-refractivity contribution in [2.45, 2.75) is 39.8 Å². The molecule has 4 heteroatoms. The summed E-state index contributed by atoms with van der Waals surface area (Å²) in [7, 11) is 0. The van der Waals surface area contributed by atoms with Gasteiger partial charge in [0.2, 0.25) is 0 Å². The van der Waals surface area contributed by atoms with E-state index in [1.54, 1.807) is 0 Å². The Labute approximate surface area is 120 Å². The molecule has 0 fully saturated rings. The number of rotatable bonds is 7. The van der Waals surface area contributed by atoms with E-state index in [0.717, 1.165) is 31.0 Å². The summed E-state index contributed by atoms with van der Waals surface area (Å²) >= 11 is 0. The van der Waals surface area contributed by atoms with Crippen LogP contribution in [0.1, 0.15) is 38.8 Å². The molecule has 108 valence electrons. The molecule has 1 aromatic heterocycles. The van der Waals surface area contributed by atoms with E-state index < -0.39 is 0 Å². The fourth-order valence-electron chi connectivity index (χ4n) is 2.01. The van der Waals surface area contributed by atoms with Gasteiger partial charge in [0.1, 0.15) is 5.75 Å². The molecule has 0 amide bonds. The van der Waals surface area contributed by atoms with Gasteiger partial charge in [-0.1, -0.05) is 13.0 Å². The number of nitrogens with one attached hydrogen (secondary N) is 1. The molecule has 1 atom stereocenters. The smallest absolute Gasteiger partial charge is 0.121 e. The Bertz CT molecular complexity index is 536. The Morgan fingerprint density at radius 2 is 2.20 bits per heavy atom. The van der Waals surface area contributed by atoms with Crippen molar-refractivity contribution in [3.63, 3.8) is 0 Å². The number of hydrogen-bond donors (Lipinski definition) is 1. The molecule has 4 nitrogen and oxygen atoms in total. The summed E-state index contributed by atoms with van der Waals surface area (Å²) in [6.45, 7) is 7.98. The summed E-state index contributed by atoms with van der Waals surface area (Å²) in [5.74, 6) is 0.910. The molecule has 1 unspecified atom stereocenters. The molecule has 0 saturated heterocycles. The van der Waals surface area contributed by atoms with Crippen LogP contribution in [0.25, 0.3) is 0 Å². The van der Waals surface area contributed by atoms with Crippen LogP contribution < -0.4 is 10.1 Å². The lowest BCUT2D eigenvalue weighted by atomic mass is 10.2. The summed E-state index contributed by atoms with van der Waals surface area (Å²) in [6, 6.07) is 8.31. The zero-order valence-electron chi connectivity index (χ0n) is 12.5. The number of hydrogen-bond acceptors (Lipinski definition) is 3. The van der Waals surface area contributed by atoms with Gasteiger partial charge in [0.25, 0.3) is 0 Å². The predicted octanol–water partition coefficient (Wildman–Crippen LogP) is 3.86. The average molecular weight is 273 g/mol. The van der Waals surface area contributed by atoms with Crippen LogP contribution in [-0.4, -0.2) is 16.4 Å². The zero-order valence-corrected chi connectivity index (χ0v) is 12.5. The molecule has 1 aromatic carbocycles. The average Bonchev–Trinajstić information content (AvgIpc) is 2.94. The molecule has 0 aliphatic rings. The van der Waals surface area contributed by atoms with Crippen LogP contribution in [0.2, 0.25) is 0 Å². The second-order valence-electron chi connectivity index (χ2n) is 4.87. The van der Waals surface area contributed by atoms with Gasteiger partial charge in [-0.05, 0) is 32.4 Å². The van der Waals surface area contributed by atoms with Gasteiger partial charge >= 0.3 is 0 Å². The van der Waals surface area contributed by atoms with Crippen molar-refractivity contribution in [3.05, 3.63) is 42.2 Å². The Morgan fingerprint density at radius 3 is 2.90 bits per heavy atom. The minimum atomic E-state index is 0.219. The van der Waals surface area contributed by atoms with Crippen molar-refractivity contribution in [2.24, 2.45) is 0 Å². The molecule has 20 heavy (non-hydrogen) atoms. The molecule has 2 aromatic rings. The Kier molecular flexibility index (Phi) is 5.04. The van der Waals surface area contributed by atoms with Crippen molar-refractivity contribution in [1.29, 1.82) is 0 Å². The maximum atomic E-state index is 5.65. The fourth-order valence-corrected chi connectivity index (χ4v) is 2.01. The second-order valence-corrected chi connectivity index (χ2v) is 4.87. The van der Waals surface area contributed by atoms with Crippen molar-refractivity contribution in [1.82, 2.24) is 9.78 Å². The number of anilines is 1. The van der Waals surface area contributed by atoms with Crippen LogP contribution >= 0.6 is 0 Å². The summed E-state index contributed by atoms with van der Waals surface area (Å²) in [4.78, 5) is 0. The molecule has 1 heterocycles. The van der Waals surface area contributed by atoms with E-state index in [2.05, 4.69) is 43.4 Å². The lowest BCUT2D eigenvalue weighted by Gasteiger charge is -2.14. The minimum absolute atomic E-state index is 0.219. The van der Waals surface area contributed by atoms with Crippen LogP contribution in [-0.2, 0) is 6.54 Å². The van der Waals surface area contributed by atoms with Crippen molar-refractivity contribution in [3.8, 4) is 5.75 Å². The largest absolute Gasteiger partial charge is 0.494 e. The molecular weight excluding hydrogens is 250 g/mol. The molecule has 0 aliphatic carbocycles. The number of nitrogens with zero attached hydrogens (tertiary/aromatic N) is 2. The Balaban J connectivity index is 2.01. The fraction of sp³-hybridized carbons (Fsp3) is 0.438. The van der Waals surface area contributed by atoms with Gasteiger partial charge < -0.3 is 10.1 Å². The summed E-state index contributed by atoms with van der Waals surface area (Å²) in [6.07, 6.45) is 5.01. The molecule has 0 bridgehead atoms. The quantitative estimate of drug-likeness (QED) is 0.832. The highest BCUT2D eigenvalue weighted by Crippen LogP contribution is 2.22. The van der Waals surface area contributed by atoms with Gasteiger partial charge in [0, 0.05) is 30.1 Å². The first-order valence-corrected chi connectivity index (χ1v) is 7.24. The van der Waals surface area contributed by atoms with Crippen molar-refractivity contribution < 1.29 is 4.74 Å². The standard InChI is InChI=1S/C16H23N3O/c1-4-9-20-16-8-6-7-15(10-16)18-13(3)14-11-17-19(5-2)12-14/h6-8,10-13,18H,4-5,9H2,1-3H3. The first kappa shape index (κ1) is 14.4. The van der Waals surface area contributed by atoms with Gasteiger partial charge in [0.15, 0.2) is 0 Å². The van der Waals surface area contributed by atoms with E-state index in [1.807, 2.05) is 29.1 Å². The van der Waals surface area contributed by atoms with Crippen LogP contribution in [0.5, 0.6) is 5.75 Å². The molecule has 1 N–H and O–H groups in total. The third kappa shape index (κ3) is 3.76. The highest BCUT2D eigenvalue weighted by atomic mass is 16.5. The Morgan fingerprint density at radius 1 is 1.35 bits per heavy atom. The lowest BCUT2D eigenvalue weighted by Crippen LogP contribution is -2.06. The number of ether oxygens (including phenoxy) is 1. The maximum absolute atomic E-state index is 5.65. The Hall–Kier alpha value is -1.97. The molecule has 0 radical (unpaired) electrons. The first-order valence-electron chi connectivity index (χ1n) is 7.24. The third-order valence-electron chi connectivity index (χ3n) is 3.17. The number of benzene rings is 1. The monoisotopic (exact) mass is 273 g/mol. The van der Waals surface area contributed by atoms with Crippen LogP contribution in [0.4, 0.5) is 5.69 Å². The van der Waals surface area contributed by atoms with E-state index in [4.69, 9.17) is 4.74 Å². The van der Waals surface area contributed by atoms with Gasteiger partial charge in [-0.3, -0.25) is 4.68 Å². The van der Waals surface area contributed by atoms with E-state index >= 15 is 0 Å². The maximum Gasteiger partial charge on any atom is 0.121 e. The van der Waals surface area contributed by atoms with Crippen molar-refractivity contribution >= 4 is 5.69 Å². The first-order chi connectivity index (χ1) is 9.72. The van der Waals surface area contributed by atoms with Gasteiger partial charge in [-0.25, -0.2) is 0 Å². The highest BCUT2D eigenvalue weighted by molar-refractivity contribution is 5.49. The summed E-state index contributed by atoms with van der Waals surface area (Å²) < 4.78 is 7.59. The van der Waals surface area contributed by atoms with Crippen LogP contribution in [0, 0.1) is 0 Å². The normalized spacial score (nSPS) is 12.2. The van der Waals surface area contributed by atoms with E-state index in [0.29, 0.717) is 0 Å². The molecule has 0 aliphatic heterocycles. The lowest BCUT2D eigenvalue weighted by molar-refractivity contribution is 0.317. The molecule has 2 rings (SSSR count). The highest BCUT2D eigenvalue weighted by Gasteiger charge is 2.08. The SMILES string of the molecule is CCCOc1cccc(NC(C)c2cnn(CC)c2)c1. The molecule has 0 spiro atoms. The van der Waals surface area contributed by atoms with Crippen LogP contribution in [0.3, 0.4) is 0 Å². The van der Waals surface area contributed by atoms with Gasteiger partial charge in [0.05, 0.1) is 18.8 Å². The molecule has 0 saturated carbocycles. The predicted molar refractivity (Wildman–Crippen MR) is 82.2 cm³/mol. The van der Waals surface area contributed by atoms with E-state index in [1.165, 1.54) is 5.56 Å². The zero-order chi connectivity index (χ0) is 14.4. The van der Waals surface area contributed by atoms with Crippen molar-refractivity contribution in [2.75, 3.05) is 11.9 Å². The van der Waals surface area contributed by atoms with E-state index in [9.17, 15) is 0 Å². The topological polar surface area (TPSA) is 39.1 Å². The summed E-state index contributed by atoms with van der Waals surface area (Å²) in [5.41, 5.74) is 2.25.